The molecule has 0 aromatic carbocycles. The van der Waals surface area contributed by atoms with Crippen LogP contribution in [0.2, 0.25) is 0 Å². The van der Waals surface area contributed by atoms with E-state index in [0.29, 0.717) is 6.42 Å². The molecule has 0 atom stereocenters. The Balaban J connectivity index is 2.81. The Morgan fingerprint density at radius 1 is 1.40 bits per heavy atom. The van der Waals surface area contributed by atoms with Crippen molar-refractivity contribution in [2.24, 2.45) is 0 Å². The third kappa shape index (κ3) is 4.76. The highest BCUT2D eigenvalue weighted by atomic mass is 19.4. The van der Waals surface area contributed by atoms with Crippen LogP contribution in [0.4, 0.5) is 13.2 Å². The van der Waals surface area contributed by atoms with E-state index >= 15 is 0 Å². The highest BCUT2D eigenvalue weighted by Gasteiger charge is 2.32. The predicted molar refractivity (Wildman–Crippen MR) is 77.2 cm³/mol. The van der Waals surface area contributed by atoms with Crippen LogP contribution in [0.1, 0.15) is 26.7 Å². The largest absolute Gasteiger partial charge is 0.412 e. The summed E-state index contributed by atoms with van der Waals surface area (Å²) in [5, 5.41) is 3.19. The summed E-state index contributed by atoms with van der Waals surface area (Å²) in [6, 6.07) is 0. The Bertz CT molecular complexity index is 476. The Kier molecular flexibility index (Phi) is 5.86. The molecule has 4 heteroatoms. The third-order valence-electron chi connectivity index (χ3n) is 2.99. The van der Waals surface area contributed by atoms with E-state index in [2.05, 4.69) is 11.9 Å². The molecule has 0 aromatic rings. The highest BCUT2D eigenvalue weighted by Crippen LogP contribution is 2.30. The number of halogens is 3. The van der Waals surface area contributed by atoms with Gasteiger partial charge in [0, 0.05) is 17.8 Å². The smallest absolute Gasteiger partial charge is 0.385 e. The summed E-state index contributed by atoms with van der Waals surface area (Å²) in [4.78, 5) is 0. The van der Waals surface area contributed by atoms with Crippen LogP contribution < -0.4 is 5.32 Å². The topological polar surface area (TPSA) is 12.0 Å². The maximum atomic E-state index is 12.6. The average Bonchev–Trinajstić information content (AvgIpc) is 2.60. The Morgan fingerprint density at radius 3 is 2.65 bits per heavy atom. The quantitative estimate of drug-likeness (QED) is 0.713. The van der Waals surface area contributed by atoms with Crippen molar-refractivity contribution in [2.75, 3.05) is 6.54 Å². The van der Waals surface area contributed by atoms with Crippen molar-refractivity contribution in [2.45, 2.75) is 32.9 Å². The maximum absolute atomic E-state index is 12.6. The van der Waals surface area contributed by atoms with Crippen LogP contribution in [-0.2, 0) is 0 Å². The van der Waals surface area contributed by atoms with Crippen molar-refractivity contribution in [1.29, 1.82) is 0 Å². The predicted octanol–water partition coefficient (Wildman–Crippen LogP) is 4.82. The van der Waals surface area contributed by atoms with E-state index in [4.69, 9.17) is 0 Å². The molecular formula is C16H20F3N. The van der Waals surface area contributed by atoms with Crippen molar-refractivity contribution in [3.63, 3.8) is 0 Å². The summed E-state index contributed by atoms with van der Waals surface area (Å²) in [6.07, 6.45) is 4.08. The molecule has 110 valence electrons. The number of alkyl halides is 3. The zero-order chi connectivity index (χ0) is 15.2. The molecule has 1 nitrogen and oxygen atoms in total. The summed E-state index contributed by atoms with van der Waals surface area (Å²) >= 11 is 0. The van der Waals surface area contributed by atoms with Gasteiger partial charge in [0.2, 0.25) is 0 Å². The van der Waals surface area contributed by atoms with Gasteiger partial charge in [0.05, 0.1) is 0 Å². The fourth-order valence-corrected chi connectivity index (χ4v) is 1.96. The molecule has 0 saturated heterocycles. The van der Waals surface area contributed by atoms with Crippen LogP contribution in [-0.4, -0.2) is 12.7 Å². The van der Waals surface area contributed by atoms with Crippen LogP contribution in [0.5, 0.6) is 0 Å². The molecule has 0 bridgehead atoms. The molecule has 0 fully saturated rings. The van der Waals surface area contributed by atoms with Crippen molar-refractivity contribution < 1.29 is 13.2 Å². The number of likely N-dealkylation sites (N-methyl/N-ethyl adjacent to an activating group) is 1. The number of rotatable bonds is 5. The lowest BCUT2D eigenvalue weighted by Gasteiger charge is -2.12. The van der Waals surface area contributed by atoms with E-state index in [9.17, 15) is 13.2 Å². The Labute approximate surface area is 118 Å². The number of hydrogen-bond donors (Lipinski definition) is 1. The Hall–Kier alpha value is -1.71. The van der Waals surface area contributed by atoms with Crippen molar-refractivity contribution in [3.05, 3.63) is 59.4 Å². The van der Waals surface area contributed by atoms with Crippen molar-refractivity contribution in [1.82, 2.24) is 5.32 Å². The van der Waals surface area contributed by atoms with Gasteiger partial charge in [-0.1, -0.05) is 37.0 Å². The third-order valence-corrected chi connectivity index (χ3v) is 2.99. The van der Waals surface area contributed by atoms with Crippen molar-refractivity contribution >= 4 is 0 Å². The number of hydrogen-bond acceptors (Lipinski definition) is 1. The SMILES string of the molecule is C=C(CC1=CC=C(C(F)(F)F)CC=C1)/C(=C/C)NCC. The standard InChI is InChI=1S/C16H20F3N/c1-4-15(20-5-2)12(3)11-13-7-6-8-14(10-9-13)16(17,18)19/h4,6-7,9-10,20H,3,5,8,11H2,1-2H3/b15-4-. The molecule has 0 aromatic heterocycles. The van der Waals surface area contributed by atoms with E-state index in [1.54, 1.807) is 12.2 Å². The molecule has 1 aliphatic carbocycles. The molecule has 0 amide bonds. The lowest BCUT2D eigenvalue weighted by Crippen LogP contribution is -2.13. The summed E-state index contributed by atoms with van der Waals surface area (Å²) in [5.74, 6) is 0. The van der Waals surface area contributed by atoms with Gasteiger partial charge in [-0.25, -0.2) is 0 Å². The van der Waals surface area contributed by atoms with Crippen molar-refractivity contribution in [3.8, 4) is 0 Å². The highest BCUT2D eigenvalue weighted by molar-refractivity contribution is 5.39. The first-order valence-electron chi connectivity index (χ1n) is 6.60. The van der Waals surface area contributed by atoms with Gasteiger partial charge in [-0.05, 0) is 37.8 Å². The normalized spacial score (nSPS) is 16.4. The van der Waals surface area contributed by atoms with E-state index in [1.807, 2.05) is 19.9 Å². The second-order valence-corrected chi connectivity index (χ2v) is 4.55. The molecular weight excluding hydrogens is 263 g/mol. The number of allylic oxidation sites excluding steroid dienone is 8. The Morgan fingerprint density at radius 2 is 2.10 bits per heavy atom. The fourth-order valence-electron chi connectivity index (χ4n) is 1.96. The molecule has 20 heavy (non-hydrogen) atoms. The molecule has 1 rings (SSSR count). The molecule has 0 radical (unpaired) electrons. The maximum Gasteiger partial charge on any atom is 0.412 e. The van der Waals surface area contributed by atoms with Crippen LogP contribution >= 0.6 is 0 Å². The minimum absolute atomic E-state index is 0.0837. The molecule has 0 unspecified atom stereocenters. The lowest BCUT2D eigenvalue weighted by molar-refractivity contribution is -0.0928. The first-order valence-corrected chi connectivity index (χ1v) is 6.60. The summed E-state index contributed by atoms with van der Waals surface area (Å²) < 4.78 is 37.9. The monoisotopic (exact) mass is 283 g/mol. The molecule has 0 spiro atoms. The first kappa shape index (κ1) is 16.3. The van der Waals surface area contributed by atoms with Crippen LogP contribution in [0.3, 0.4) is 0 Å². The minimum Gasteiger partial charge on any atom is -0.385 e. The van der Waals surface area contributed by atoms with Crippen LogP contribution in [0, 0.1) is 0 Å². The fraction of sp³-hybridized carbons (Fsp3) is 0.375. The number of nitrogens with one attached hydrogen (secondary N) is 1. The van der Waals surface area contributed by atoms with Gasteiger partial charge in [-0.2, -0.15) is 13.2 Å². The van der Waals surface area contributed by atoms with Gasteiger partial charge >= 0.3 is 6.18 Å². The zero-order valence-electron chi connectivity index (χ0n) is 11.8. The van der Waals surface area contributed by atoms with E-state index in [0.717, 1.165) is 29.5 Å². The van der Waals surface area contributed by atoms with Gasteiger partial charge in [0.15, 0.2) is 0 Å². The van der Waals surface area contributed by atoms with Gasteiger partial charge in [0.1, 0.15) is 0 Å². The summed E-state index contributed by atoms with van der Waals surface area (Å²) in [7, 11) is 0. The van der Waals surface area contributed by atoms with Gasteiger partial charge in [-0.15, -0.1) is 0 Å². The van der Waals surface area contributed by atoms with Gasteiger partial charge < -0.3 is 5.32 Å². The zero-order valence-corrected chi connectivity index (χ0v) is 11.8. The molecule has 0 saturated carbocycles. The second-order valence-electron chi connectivity index (χ2n) is 4.55. The minimum atomic E-state index is -4.26. The van der Waals surface area contributed by atoms with Gasteiger partial charge in [-0.3, -0.25) is 0 Å². The summed E-state index contributed by atoms with van der Waals surface area (Å²) in [6.45, 7) is 8.66. The van der Waals surface area contributed by atoms with E-state index in [1.165, 1.54) is 6.08 Å². The molecule has 1 N–H and O–H groups in total. The van der Waals surface area contributed by atoms with Crippen LogP contribution in [0.15, 0.2) is 59.4 Å². The lowest BCUT2D eigenvalue weighted by atomic mass is 10.0. The van der Waals surface area contributed by atoms with Gasteiger partial charge in [0.25, 0.3) is 0 Å². The van der Waals surface area contributed by atoms with E-state index < -0.39 is 11.7 Å². The van der Waals surface area contributed by atoms with E-state index in [-0.39, 0.29) is 6.42 Å². The second kappa shape index (κ2) is 7.17. The van der Waals surface area contributed by atoms with Crippen LogP contribution in [0.25, 0.3) is 0 Å². The average molecular weight is 283 g/mol. The first-order chi connectivity index (χ1) is 9.38. The summed E-state index contributed by atoms with van der Waals surface area (Å²) in [5.41, 5.74) is 2.11. The molecule has 0 heterocycles. The molecule has 1 aliphatic rings. The molecule has 0 aliphatic heterocycles.